The van der Waals surface area contributed by atoms with E-state index in [1.54, 1.807) is 16.9 Å². The number of aromatic nitrogens is 4. The van der Waals surface area contributed by atoms with E-state index in [4.69, 9.17) is 0 Å². The fourth-order valence-electron chi connectivity index (χ4n) is 1.81. The maximum atomic E-state index is 12.1. The van der Waals surface area contributed by atoms with E-state index >= 15 is 0 Å². The molecule has 1 aliphatic heterocycles. The molecule has 7 nitrogen and oxygen atoms in total. The number of hydrogen-bond acceptors (Lipinski definition) is 5. The first-order valence-corrected chi connectivity index (χ1v) is 7.00. The number of carbonyl (C=O) groups excluding carboxylic acids is 1. The highest BCUT2D eigenvalue weighted by Crippen LogP contribution is 2.16. The number of carbonyl (C=O) groups is 1. The van der Waals surface area contributed by atoms with Gasteiger partial charge in [-0.1, -0.05) is 5.21 Å². The first kappa shape index (κ1) is 13.2. The first-order chi connectivity index (χ1) is 9.63. The lowest BCUT2D eigenvalue weighted by Gasteiger charge is -2.26. The molecule has 0 saturated carbocycles. The summed E-state index contributed by atoms with van der Waals surface area (Å²) in [5, 5.41) is 13.7. The normalized spacial score (nSPS) is 14.9. The number of nitrogens with one attached hydrogen (secondary N) is 2. The standard InChI is InChI=1S/C12H13BrN6O/c1-7-9(13)2-3-11(15-7)16-12(20)10-6-19(18-17-10)8-4-14-5-8/h2-3,6,8,14H,4-5H2,1H3,(H,15,16,20). The molecule has 1 saturated heterocycles. The lowest BCUT2D eigenvalue weighted by molar-refractivity contribution is 0.102. The molecule has 0 spiro atoms. The number of anilines is 1. The molecule has 3 rings (SSSR count). The van der Waals surface area contributed by atoms with Crippen molar-refractivity contribution >= 4 is 27.7 Å². The number of aryl methyl sites for hydroxylation is 1. The van der Waals surface area contributed by atoms with Crippen LogP contribution in [0.2, 0.25) is 0 Å². The van der Waals surface area contributed by atoms with E-state index in [1.165, 1.54) is 0 Å². The molecule has 0 radical (unpaired) electrons. The minimum atomic E-state index is -0.308. The highest BCUT2D eigenvalue weighted by atomic mass is 79.9. The Hall–Kier alpha value is -1.80. The fraction of sp³-hybridized carbons (Fsp3) is 0.333. The summed E-state index contributed by atoms with van der Waals surface area (Å²) < 4.78 is 2.62. The van der Waals surface area contributed by atoms with Crippen LogP contribution < -0.4 is 10.6 Å². The second-order valence-electron chi connectivity index (χ2n) is 4.61. The Morgan fingerprint density at radius 3 is 2.95 bits per heavy atom. The summed E-state index contributed by atoms with van der Waals surface area (Å²) in [6.45, 7) is 3.58. The SMILES string of the molecule is Cc1nc(NC(=O)c2cn(C3CNC3)nn2)ccc1Br. The molecule has 104 valence electrons. The van der Waals surface area contributed by atoms with Gasteiger partial charge in [-0.2, -0.15) is 0 Å². The van der Waals surface area contributed by atoms with Gasteiger partial charge in [0, 0.05) is 17.6 Å². The summed E-state index contributed by atoms with van der Waals surface area (Å²) in [4.78, 5) is 16.3. The lowest BCUT2D eigenvalue weighted by atomic mass is 10.2. The Balaban J connectivity index is 1.71. The molecule has 0 aliphatic carbocycles. The van der Waals surface area contributed by atoms with Gasteiger partial charge >= 0.3 is 0 Å². The third kappa shape index (κ3) is 2.56. The van der Waals surface area contributed by atoms with Crippen LogP contribution in [0.15, 0.2) is 22.8 Å². The van der Waals surface area contributed by atoms with Crippen molar-refractivity contribution in [3.63, 3.8) is 0 Å². The molecule has 0 atom stereocenters. The van der Waals surface area contributed by atoms with Crippen molar-refractivity contribution in [2.75, 3.05) is 18.4 Å². The van der Waals surface area contributed by atoms with E-state index in [2.05, 4.69) is 41.9 Å². The summed E-state index contributed by atoms with van der Waals surface area (Å²) in [5.41, 5.74) is 1.10. The van der Waals surface area contributed by atoms with Crippen LogP contribution in [-0.4, -0.2) is 39.0 Å². The van der Waals surface area contributed by atoms with Gasteiger partial charge in [0.05, 0.1) is 17.9 Å². The minimum absolute atomic E-state index is 0.289. The number of pyridine rings is 1. The van der Waals surface area contributed by atoms with Crippen LogP contribution in [0.4, 0.5) is 5.82 Å². The third-order valence-corrected chi connectivity index (χ3v) is 3.98. The summed E-state index contributed by atoms with van der Waals surface area (Å²) in [6, 6.07) is 3.86. The highest BCUT2D eigenvalue weighted by Gasteiger charge is 2.21. The molecule has 2 aromatic heterocycles. The van der Waals surface area contributed by atoms with Gasteiger partial charge in [-0.15, -0.1) is 5.10 Å². The molecule has 1 fully saturated rings. The van der Waals surface area contributed by atoms with E-state index in [-0.39, 0.29) is 11.9 Å². The average molecular weight is 337 g/mol. The molecule has 3 heterocycles. The summed E-state index contributed by atoms with van der Waals surface area (Å²) in [7, 11) is 0. The smallest absolute Gasteiger partial charge is 0.278 e. The minimum Gasteiger partial charge on any atom is -0.312 e. The summed E-state index contributed by atoms with van der Waals surface area (Å²) in [6.07, 6.45) is 1.66. The van der Waals surface area contributed by atoms with Crippen molar-refractivity contribution in [2.45, 2.75) is 13.0 Å². The molecule has 2 aromatic rings. The van der Waals surface area contributed by atoms with E-state index in [0.717, 1.165) is 23.3 Å². The first-order valence-electron chi connectivity index (χ1n) is 6.20. The van der Waals surface area contributed by atoms with Crippen molar-refractivity contribution in [3.8, 4) is 0 Å². The zero-order chi connectivity index (χ0) is 14.1. The maximum Gasteiger partial charge on any atom is 0.278 e. The molecule has 2 N–H and O–H groups in total. The number of rotatable bonds is 3. The topological polar surface area (TPSA) is 84.7 Å². The van der Waals surface area contributed by atoms with Crippen molar-refractivity contribution in [3.05, 3.63) is 34.2 Å². The molecule has 0 unspecified atom stereocenters. The summed E-state index contributed by atoms with van der Waals surface area (Å²) >= 11 is 3.37. The largest absolute Gasteiger partial charge is 0.312 e. The predicted molar refractivity (Wildman–Crippen MR) is 76.6 cm³/mol. The number of nitrogens with zero attached hydrogens (tertiary/aromatic N) is 4. The second kappa shape index (κ2) is 5.29. The quantitative estimate of drug-likeness (QED) is 0.877. The lowest BCUT2D eigenvalue weighted by Crippen LogP contribution is -2.43. The Labute approximate surface area is 123 Å². The van der Waals surface area contributed by atoms with E-state index in [1.807, 2.05) is 13.0 Å². The van der Waals surface area contributed by atoms with Crippen LogP contribution in [0.1, 0.15) is 22.2 Å². The average Bonchev–Trinajstić information content (AvgIpc) is 2.81. The molecular weight excluding hydrogens is 324 g/mol. The van der Waals surface area contributed by atoms with Crippen molar-refractivity contribution in [1.29, 1.82) is 0 Å². The zero-order valence-corrected chi connectivity index (χ0v) is 12.4. The maximum absolute atomic E-state index is 12.1. The van der Waals surface area contributed by atoms with Gasteiger partial charge < -0.3 is 10.6 Å². The van der Waals surface area contributed by atoms with Gasteiger partial charge in [-0.05, 0) is 35.0 Å². The van der Waals surface area contributed by atoms with E-state index in [9.17, 15) is 4.79 Å². The van der Waals surface area contributed by atoms with Crippen molar-refractivity contribution < 1.29 is 4.79 Å². The Morgan fingerprint density at radius 2 is 2.30 bits per heavy atom. The number of halogens is 1. The second-order valence-corrected chi connectivity index (χ2v) is 5.47. The Morgan fingerprint density at radius 1 is 1.50 bits per heavy atom. The van der Waals surface area contributed by atoms with Crippen LogP contribution in [0, 0.1) is 6.92 Å². The highest BCUT2D eigenvalue weighted by molar-refractivity contribution is 9.10. The third-order valence-electron chi connectivity index (χ3n) is 3.14. The molecular formula is C12H13BrN6O. The van der Waals surface area contributed by atoms with Gasteiger partial charge in [0.2, 0.25) is 0 Å². The van der Waals surface area contributed by atoms with Crippen LogP contribution in [0.5, 0.6) is 0 Å². The van der Waals surface area contributed by atoms with Crippen LogP contribution in [-0.2, 0) is 0 Å². The van der Waals surface area contributed by atoms with Gasteiger partial charge in [0.1, 0.15) is 5.82 Å². The monoisotopic (exact) mass is 336 g/mol. The molecule has 1 aliphatic rings. The molecule has 0 aromatic carbocycles. The van der Waals surface area contributed by atoms with Gasteiger partial charge in [0.25, 0.3) is 5.91 Å². The van der Waals surface area contributed by atoms with Crippen LogP contribution in [0.3, 0.4) is 0 Å². The van der Waals surface area contributed by atoms with E-state index < -0.39 is 0 Å². The molecule has 1 amide bonds. The van der Waals surface area contributed by atoms with Crippen LogP contribution in [0.25, 0.3) is 0 Å². The molecule has 20 heavy (non-hydrogen) atoms. The van der Waals surface area contributed by atoms with Gasteiger partial charge in [-0.25, -0.2) is 9.67 Å². The Kier molecular flexibility index (Phi) is 3.49. The predicted octanol–water partition coefficient (Wildman–Crippen LogP) is 1.14. The Bertz CT molecular complexity index is 651. The van der Waals surface area contributed by atoms with Crippen LogP contribution >= 0.6 is 15.9 Å². The summed E-state index contributed by atoms with van der Waals surface area (Å²) in [5.74, 6) is 0.188. The zero-order valence-electron chi connectivity index (χ0n) is 10.8. The van der Waals surface area contributed by atoms with Crippen molar-refractivity contribution in [2.24, 2.45) is 0 Å². The van der Waals surface area contributed by atoms with E-state index in [0.29, 0.717) is 11.5 Å². The fourth-order valence-corrected chi connectivity index (χ4v) is 2.03. The van der Waals surface area contributed by atoms with Gasteiger partial charge in [-0.3, -0.25) is 4.79 Å². The molecule has 0 bridgehead atoms. The molecule has 8 heteroatoms. The number of hydrogen-bond donors (Lipinski definition) is 2. The van der Waals surface area contributed by atoms with Gasteiger partial charge in [0.15, 0.2) is 5.69 Å². The van der Waals surface area contributed by atoms with Crippen molar-refractivity contribution in [1.82, 2.24) is 25.3 Å². The number of amides is 1.